The van der Waals surface area contributed by atoms with Crippen LogP contribution in [0.25, 0.3) is 0 Å². The minimum absolute atomic E-state index is 0.0628. The number of hydrogen-bond donors (Lipinski definition) is 2. The van der Waals surface area contributed by atoms with Crippen LogP contribution in [-0.2, 0) is 4.84 Å². The van der Waals surface area contributed by atoms with Gasteiger partial charge >= 0.3 is 6.03 Å². The Morgan fingerprint density at radius 2 is 2.27 bits per heavy atom. The molecule has 0 aliphatic rings. The quantitative estimate of drug-likeness (QED) is 0.813. The van der Waals surface area contributed by atoms with Crippen molar-refractivity contribution >= 4 is 27.6 Å². The fourth-order valence-corrected chi connectivity index (χ4v) is 1.12. The third-order valence-electron chi connectivity index (χ3n) is 1.76. The molecule has 15 heavy (non-hydrogen) atoms. The summed E-state index contributed by atoms with van der Waals surface area (Å²) in [5.74, 6) is 0.0628. The molecular formula is C9H11BrN2O3. The van der Waals surface area contributed by atoms with Crippen LogP contribution in [0.4, 0.5) is 10.5 Å². The molecule has 0 bridgehead atoms. The van der Waals surface area contributed by atoms with E-state index in [0.717, 1.165) is 5.06 Å². The molecule has 82 valence electrons. The summed E-state index contributed by atoms with van der Waals surface area (Å²) in [5.41, 5.74) is 0.490. The molecule has 0 radical (unpaired) electrons. The molecule has 6 heteroatoms. The number of benzene rings is 1. The summed E-state index contributed by atoms with van der Waals surface area (Å²) in [7, 11) is 2.87. The maximum Gasteiger partial charge on any atom is 0.345 e. The molecule has 1 aromatic carbocycles. The highest BCUT2D eigenvalue weighted by atomic mass is 79.9. The number of hydrogen-bond acceptors (Lipinski definition) is 3. The fraction of sp³-hybridized carbons (Fsp3) is 0.222. The Labute approximate surface area is 95.7 Å². The maximum atomic E-state index is 11.3. The first-order chi connectivity index (χ1) is 7.04. The third kappa shape index (κ3) is 3.10. The van der Waals surface area contributed by atoms with Gasteiger partial charge in [-0.3, -0.25) is 4.84 Å². The van der Waals surface area contributed by atoms with Crippen molar-refractivity contribution in [2.45, 2.75) is 0 Å². The number of hydroxylamine groups is 2. The Morgan fingerprint density at radius 3 is 2.80 bits per heavy atom. The second-order valence-corrected chi connectivity index (χ2v) is 3.63. The first-order valence-electron chi connectivity index (χ1n) is 4.12. The third-order valence-corrected chi connectivity index (χ3v) is 2.43. The molecule has 0 saturated carbocycles. The lowest BCUT2D eigenvalue weighted by atomic mass is 10.3. The Morgan fingerprint density at radius 1 is 1.60 bits per heavy atom. The first-order valence-corrected chi connectivity index (χ1v) is 4.91. The van der Waals surface area contributed by atoms with E-state index in [-0.39, 0.29) is 5.75 Å². The van der Waals surface area contributed by atoms with Crippen LogP contribution < -0.4 is 5.32 Å². The van der Waals surface area contributed by atoms with Gasteiger partial charge in [-0.1, -0.05) is 0 Å². The van der Waals surface area contributed by atoms with Gasteiger partial charge in [-0.25, -0.2) is 9.86 Å². The Bertz CT molecular complexity index is 370. The van der Waals surface area contributed by atoms with Crippen molar-refractivity contribution in [3.8, 4) is 5.75 Å². The second kappa shape index (κ2) is 4.99. The van der Waals surface area contributed by atoms with Gasteiger partial charge in [0.05, 0.1) is 11.6 Å². The van der Waals surface area contributed by atoms with Gasteiger partial charge in [-0.15, -0.1) is 0 Å². The molecule has 2 N–H and O–H groups in total. The van der Waals surface area contributed by atoms with Crippen molar-refractivity contribution in [3.63, 3.8) is 0 Å². The molecule has 0 fully saturated rings. The largest absolute Gasteiger partial charge is 0.507 e. The molecule has 0 aliphatic carbocycles. The number of rotatable bonds is 2. The van der Waals surface area contributed by atoms with Gasteiger partial charge in [-0.2, -0.15) is 0 Å². The number of anilines is 1. The molecule has 0 spiro atoms. The van der Waals surface area contributed by atoms with Crippen LogP contribution in [0.1, 0.15) is 0 Å². The standard InChI is InChI=1S/C9H11BrN2O3/c1-12(15-2)9(14)11-6-3-4-7(10)8(13)5-6/h3-5,13H,1-2H3,(H,11,14). The number of carbonyl (C=O) groups excluding carboxylic acids is 1. The zero-order chi connectivity index (χ0) is 11.4. The number of phenolic OH excluding ortho intramolecular Hbond substituents is 1. The average molecular weight is 275 g/mol. The van der Waals surface area contributed by atoms with E-state index in [9.17, 15) is 9.90 Å². The summed E-state index contributed by atoms with van der Waals surface area (Å²) in [6, 6.07) is 4.31. The van der Waals surface area contributed by atoms with Crippen molar-refractivity contribution in [1.82, 2.24) is 5.06 Å². The van der Waals surface area contributed by atoms with Crippen LogP contribution in [0.15, 0.2) is 22.7 Å². The van der Waals surface area contributed by atoms with Gasteiger partial charge in [0.2, 0.25) is 0 Å². The van der Waals surface area contributed by atoms with E-state index in [1.807, 2.05) is 0 Å². The number of nitrogens with zero attached hydrogens (tertiary/aromatic N) is 1. The lowest BCUT2D eigenvalue weighted by Crippen LogP contribution is -2.30. The monoisotopic (exact) mass is 274 g/mol. The zero-order valence-electron chi connectivity index (χ0n) is 8.32. The van der Waals surface area contributed by atoms with Gasteiger partial charge in [-0.05, 0) is 28.1 Å². The zero-order valence-corrected chi connectivity index (χ0v) is 9.91. The predicted molar refractivity (Wildman–Crippen MR) is 59.6 cm³/mol. The number of phenols is 1. The lowest BCUT2D eigenvalue weighted by Gasteiger charge is -2.14. The molecule has 0 atom stereocenters. The summed E-state index contributed by atoms with van der Waals surface area (Å²) in [6.07, 6.45) is 0. The number of nitrogens with one attached hydrogen (secondary N) is 1. The number of aromatic hydroxyl groups is 1. The van der Waals surface area contributed by atoms with E-state index >= 15 is 0 Å². The maximum absolute atomic E-state index is 11.3. The van der Waals surface area contributed by atoms with Crippen molar-refractivity contribution in [3.05, 3.63) is 22.7 Å². The van der Waals surface area contributed by atoms with Crippen molar-refractivity contribution < 1.29 is 14.7 Å². The van der Waals surface area contributed by atoms with E-state index < -0.39 is 6.03 Å². The highest BCUT2D eigenvalue weighted by Gasteiger charge is 2.08. The van der Waals surface area contributed by atoms with Gasteiger partial charge in [0.15, 0.2) is 0 Å². The topological polar surface area (TPSA) is 61.8 Å². The average Bonchev–Trinajstić information content (AvgIpc) is 2.22. The highest BCUT2D eigenvalue weighted by Crippen LogP contribution is 2.26. The Balaban J connectivity index is 2.73. The SMILES string of the molecule is CON(C)C(=O)Nc1ccc(Br)c(O)c1. The lowest BCUT2D eigenvalue weighted by molar-refractivity contribution is -0.0598. The fourth-order valence-electron chi connectivity index (χ4n) is 0.876. The van der Waals surface area contributed by atoms with Crippen LogP contribution in [-0.4, -0.2) is 30.4 Å². The molecule has 0 heterocycles. The van der Waals surface area contributed by atoms with Crippen LogP contribution in [0.3, 0.4) is 0 Å². The molecule has 5 nitrogen and oxygen atoms in total. The Hall–Kier alpha value is -1.27. The van der Waals surface area contributed by atoms with E-state index in [2.05, 4.69) is 26.1 Å². The van der Waals surface area contributed by atoms with Crippen molar-refractivity contribution in [2.24, 2.45) is 0 Å². The Kier molecular flexibility index (Phi) is 3.93. The molecule has 0 unspecified atom stereocenters. The van der Waals surface area contributed by atoms with Crippen LogP contribution >= 0.6 is 15.9 Å². The van der Waals surface area contributed by atoms with Crippen molar-refractivity contribution in [2.75, 3.05) is 19.5 Å². The molecule has 2 amide bonds. The smallest absolute Gasteiger partial charge is 0.345 e. The van der Waals surface area contributed by atoms with Gasteiger partial charge in [0.1, 0.15) is 5.75 Å². The summed E-state index contributed by atoms with van der Waals surface area (Å²) in [4.78, 5) is 16.0. The first kappa shape index (κ1) is 11.8. The van der Waals surface area contributed by atoms with Crippen molar-refractivity contribution in [1.29, 1.82) is 0 Å². The van der Waals surface area contributed by atoms with Gasteiger partial charge < -0.3 is 10.4 Å². The molecule has 0 aromatic heterocycles. The molecule has 1 rings (SSSR count). The van der Waals surface area contributed by atoms with Gasteiger partial charge in [0.25, 0.3) is 0 Å². The number of amides is 2. The number of halogens is 1. The van der Waals surface area contributed by atoms with E-state index in [1.54, 1.807) is 12.1 Å². The number of urea groups is 1. The highest BCUT2D eigenvalue weighted by molar-refractivity contribution is 9.10. The minimum atomic E-state index is -0.417. The summed E-state index contributed by atoms with van der Waals surface area (Å²) in [5, 5.41) is 12.9. The van der Waals surface area contributed by atoms with E-state index in [4.69, 9.17) is 0 Å². The van der Waals surface area contributed by atoms with Crippen LogP contribution in [0.2, 0.25) is 0 Å². The molecular weight excluding hydrogens is 264 g/mol. The number of carbonyl (C=O) groups is 1. The normalized spacial score (nSPS) is 9.80. The molecule has 0 saturated heterocycles. The molecule has 0 aliphatic heterocycles. The summed E-state index contributed by atoms with van der Waals surface area (Å²) in [6.45, 7) is 0. The summed E-state index contributed by atoms with van der Waals surface area (Å²) >= 11 is 3.14. The summed E-state index contributed by atoms with van der Waals surface area (Å²) < 4.78 is 0.570. The minimum Gasteiger partial charge on any atom is -0.507 e. The van der Waals surface area contributed by atoms with E-state index in [0.29, 0.717) is 10.2 Å². The van der Waals surface area contributed by atoms with Crippen LogP contribution in [0, 0.1) is 0 Å². The molecule has 1 aromatic rings. The van der Waals surface area contributed by atoms with Gasteiger partial charge in [0, 0.05) is 18.8 Å². The second-order valence-electron chi connectivity index (χ2n) is 2.78. The van der Waals surface area contributed by atoms with Crippen LogP contribution in [0.5, 0.6) is 5.75 Å². The van der Waals surface area contributed by atoms with E-state index in [1.165, 1.54) is 20.2 Å². The predicted octanol–water partition coefficient (Wildman–Crippen LogP) is 2.18.